The lowest BCUT2D eigenvalue weighted by Crippen LogP contribution is -1.59. The van der Waals surface area contributed by atoms with E-state index < -0.39 is 0 Å². The van der Waals surface area contributed by atoms with Crippen LogP contribution in [0.4, 0.5) is 0 Å². The van der Waals surface area contributed by atoms with Gasteiger partial charge in [-0.15, -0.1) is 0 Å². The van der Waals surface area contributed by atoms with Gasteiger partial charge in [-0.05, 0) is 35.5 Å². The van der Waals surface area contributed by atoms with E-state index >= 15 is 0 Å². The molecule has 0 aliphatic rings. The van der Waals surface area contributed by atoms with Gasteiger partial charge in [0.2, 0.25) is 0 Å². The molecular weight excluding hydrogens is 140 g/mol. The Bertz CT molecular complexity index is 102. The van der Waals surface area contributed by atoms with E-state index in [1.807, 2.05) is 32.1 Å². The summed E-state index contributed by atoms with van der Waals surface area (Å²) in [5.74, 6) is 0. The SMILES string of the molecule is C/C=C\C(=C/C)SCl. The van der Waals surface area contributed by atoms with Gasteiger partial charge in [0.1, 0.15) is 0 Å². The van der Waals surface area contributed by atoms with Crippen LogP contribution in [0.15, 0.2) is 23.1 Å². The Morgan fingerprint density at radius 1 is 1.50 bits per heavy atom. The Labute approximate surface area is 59.1 Å². The van der Waals surface area contributed by atoms with Crippen LogP contribution in [0.3, 0.4) is 0 Å². The molecule has 0 N–H and O–H groups in total. The molecule has 0 nitrogen and oxygen atoms in total. The molecule has 0 amide bonds. The fourth-order valence-corrected chi connectivity index (χ4v) is 1.03. The second-order valence-corrected chi connectivity index (χ2v) is 2.36. The van der Waals surface area contributed by atoms with Crippen molar-refractivity contribution in [2.45, 2.75) is 13.8 Å². The van der Waals surface area contributed by atoms with E-state index in [2.05, 4.69) is 0 Å². The topological polar surface area (TPSA) is 0 Å². The molecule has 0 unspecified atom stereocenters. The molecule has 2 heteroatoms. The lowest BCUT2D eigenvalue weighted by Gasteiger charge is -1.86. The van der Waals surface area contributed by atoms with Crippen LogP contribution in [0, 0.1) is 0 Å². The van der Waals surface area contributed by atoms with Gasteiger partial charge in [-0.1, -0.05) is 18.2 Å². The predicted octanol–water partition coefficient (Wildman–Crippen LogP) is 3.35. The maximum atomic E-state index is 5.44. The smallest absolute Gasteiger partial charge is 0.0187 e. The van der Waals surface area contributed by atoms with Crippen molar-refractivity contribution < 1.29 is 0 Å². The van der Waals surface area contributed by atoms with Crippen LogP contribution >= 0.6 is 21.7 Å². The van der Waals surface area contributed by atoms with Gasteiger partial charge in [-0.3, -0.25) is 0 Å². The van der Waals surface area contributed by atoms with Crippen LogP contribution in [-0.2, 0) is 0 Å². The fraction of sp³-hybridized carbons (Fsp3) is 0.333. The first-order valence-electron chi connectivity index (χ1n) is 2.42. The van der Waals surface area contributed by atoms with Crippen LogP contribution in [-0.4, -0.2) is 0 Å². The minimum Gasteiger partial charge on any atom is -0.0865 e. The fourth-order valence-electron chi connectivity index (χ4n) is 0.331. The van der Waals surface area contributed by atoms with Gasteiger partial charge in [-0.25, -0.2) is 0 Å². The van der Waals surface area contributed by atoms with E-state index in [1.165, 1.54) is 11.0 Å². The summed E-state index contributed by atoms with van der Waals surface area (Å²) in [4.78, 5) is 1.09. The van der Waals surface area contributed by atoms with E-state index in [4.69, 9.17) is 10.7 Å². The van der Waals surface area contributed by atoms with Crippen molar-refractivity contribution in [3.05, 3.63) is 23.1 Å². The summed E-state index contributed by atoms with van der Waals surface area (Å²) in [7, 11) is 6.68. The monoisotopic (exact) mass is 148 g/mol. The van der Waals surface area contributed by atoms with Crippen LogP contribution in [0.1, 0.15) is 13.8 Å². The number of halogens is 1. The molecule has 0 aliphatic heterocycles. The summed E-state index contributed by atoms with van der Waals surface area (Å²) < 4.78 is 0. The van der Waals surface area contributed by atoms with E-state index in [9.17, 15) is 0 Å². The highest BCUT2D eigenvalue weighted by Crippen LogP contribution is 2.20. The van der Waals surface area contributed by atoms with E-state index in [1.54, 1.807) is 0 Å². The van der Waals surface area contributed by atoms with Crippen molar-refractivity contribution in [2.75, 3.05) is 0 Å². The van der Waals surface area contributed by atoms with E-state index in [0.717, 1.165) is 4.91 Å². The van der Waals surface area contributed by atoms with E-state index in [0.29, 0.717) is 0 Å². The van der Waals surface area contributed by atoms with Gasteiger partial charge in [0, 0.05) is 4.91 Å². The first kappa shape index (κ1) is 8.12. The Morgan fingerprint density at radius 3 is 2.25 bits per heavy atom. The van der Waals surface area contributed by atoms with Gasteiger partial charge >= 0.3 is 0 Å². The number of hydrogen-bond donors (Lipinski definition) is 0. The third-order valence-electron chi connectivity index (χ3n) is 0.705. The summed E-state index contributed by atoms with van der Waals surface area (Å²) in [5.41, 5.74) is 0. The third kappa shape index (κ3) is 3.16. The largest absolute Gasteiger partial charge is 0.0865 e. The lowest BCUT2D eigenvalue weighted by atomic mass is 10.4. The minimum absolute atomic E-state index is 1.09. The summed E-state index contributed by atoms with van der Waals surface area (Å²) in [6.07, 6.45) is 5.90. The zero-order valence-corrected chi connectivity index (χ0v) is 6.59. The molecule has 0 fully saturated rings. The third-order valence-corrected chi connectivity index (χ3v) is 1.79. The molecule has 0 saturated carbocycles. The lowest BCUT2D eigenvalue weighted by molar-refractivity contribution is 1.66. The first-order chi connectivity index (χ1) is 3.85. The highest BCUT2D eigenvalue weighted by molar-refractivity contribution is 8.24. The second kappa shape index (κ2) is 5.26. The number of hydrogen-bond acceptors (Lipinski definition) is 1. The van der Waals surface area contributed by atoms with Crippen molar-refractivity contribution in [1.29, 1.82) is 0 Å². The molecule has 0 aromatic carbocycles. The van der Waals surface area contributed by atoms with Crippen molar-refractivity contribution in [3.63, 3.8) is 0 Å². The van der Waals surface area contributed by atoms with Crippen LogP contribution in [0.5, 0.6) is 0 Å². The summed E-state index contributed by atoms with van der Waals surface area (Å²) in [6.45, 7) is 3.93. The van der Waals surface area contributed by atoms with Crippen molar-refractivity contribution >= 4 is 21.7 Å². The Hall–Kier alpha value is 0.120. The quantitative estimate of drug-likeness (QED) is 0.542. The highest BCUT2D eigenvalue weighted by Gasteiger charge is 1.82. The average Bonchev–Trinajstić information content (AvgIpc) is 1.83. The summed E-state index contributed by atoms with van der Waals surface area (Å²) >= 11 is 0. The predicted molar refractivity (Wildman–Crippen MR) is 42.0 cm³/mol. The standard InChI is InChI=1S/C6H9ClS/c1-3-5-6(4-2)8-7/h3-5H,1-2H3/b5-3-,6-4+. The molecule has 0 radical (unpaired) electrons. The van der Waals surface area contributed by atoms with Gasteiger partial charge in [-0.2, -0.15) is 0 Å². The molecule has 0 aromatic heterocycles. The molecule has 0 saturated heterocycles. The first-order valence-corrected chi connectivity index (χ1v) is 4.07. The Balaban J connectivity index is 3.72. The highest BCUT2D eigenvalue weighted by atomic mass is 35.7. The normalized spacial score (nSPS) is 13.1. The molecule has 8 heavy (non-hydrogen) atoms. The number of allylic oxidation sites excluding steroid dienone is 3. The molecule has 0 heterocycles. The van der Waals surface area contributed by atoms with E-state index in [-0.39, 0.29) is 0 Å². The molecule has 0 atom stereocenters. The molecule has 0 bridgehead atoms. The van der Waals surface area contributed by atoms with Gasteiger partial charge in [0.25, 0.3) is 0 Å². The van der Waals surface area contributed by atoms with Crippen LogP contribution in [0.2, 0.25) is 0 Å². The zero-order chi connectivity index (χ0) is 6.41. The maximum Gasteiger partial charge on any atom is 0.0187 e. The molecule has 0 spiro atoms. The Kier molecular flexibility index (Phi) is 5.34. The summed E-state index contributed by atoms with van der Waals surface area (Å²) in [6, 6.07) is 0. The summed E-state index contributed by atoms with van der Waals surface area (Å²) in [5, 5.41) is 0. The average molecular weight is 149 g/mol. The molecule has 0 aliphatic carbocycles. The zero-order valence-electron chi connectivity index (χ0n) is 5.02. The molecule has 0 rings (SSSR count). The van der Waals surface area contributed by atoms with Gasteiger partial charge in [0.05, 0.1) is 0 Å². The van der Waals surface area contributed by atoms with Crippen LogP contribution in [0.25, 0.3) is 0 Å². The minimum atomic E-state index is 1.09. The molecule has 46 valence electrons. The number of rotatable bonds is 2. The van der Waals surface area contributed by atoms with Gasteiger partial charge < -0.3 is 0 Å². The second-order valence-electron chi connectivity index (χ2n) is 1.27. The van der Waals surface area contributed by atoms with Crippen molar-refractivity contribution in [3.8, 4) is 0 Å². The van der Waals surface area contributed by atoms with Gasteiger partial charge in [0.15, 0.2) is 0 Å². The van der Waals surface area contributed by atoms with Crippen LogP contribution < -0.4 is 0 Å². The molecule has 0 aromatic rings. The molecular formula is C6H9ClS. The van der Waals surface area contributed by atoms with Crippen molar-refractivity contribution in [2.24, 2.45) is 0 Å². The van der Waals surface area contributed by atoms with Crippen molar-refractivity contribution in [1.82, 2.24) is 0 Å². The maximum absolute atomic E-state index is 5.44. The Morgan fingerprint density at radius 2 is 2.12 bits per heavy atom.